The van der Waals surface area contributed by atoms with Crippen LogP contribution in [0.3, 0.4) is 0 Å². The highest BCUT2D eigenvalue weighted by Gasteiger charge is 2.38. The van der Waals surface area contributed by atoms with Crippen LogP contribution in [0.15, 0.2) is 55.1 Å². The monoisotopic (exact) mass is 841 g/mol. The fourth-order valence-electron chi connectivity index (χ4n) is 8.85. The van der Waals surface area contributed by atoms with Gasteiger partial charge in [-0.15, -0.1) is 0 Å². The molecule has 0 bridgehead atoms. The zero-order chi connectivity index (χ0) is 42.9. The van der Waals surface area contributed by atoms with Gasteiger partial charge < -0.3 is 34.1 Å². The molecule has 1 aromatic heterocycles. The van der Waals surface area contributed by atoms with E-state index in [-0.39, 0.29) is 36.1 Å². The molecule has 7 rings (SSSR count). The van der Waals surface area contributed by atoms with Crippen LogP contribution in [0, 0.1) is 11.3 Å². The molecule has 1 amide bonds. The number of aliphatic hydroxyl groups excluding tert-OH is 2. The molecule has 3 aromatic rings. The van der Waals surface area contributed by atoms with Gasteiger partial charge in [-0.2, -0.15) is 15.2 Å². The van der Waals surface area contributed by atoms with Crippen molar-refractivity contribution >= 4 is 36.5 Å². The predicted octanol–water partition coefficient (Wildman–Crippen LogP) is 5.61. The summed E-state index contributed by atoms with van der Waals surface area (Å²) in [6.45, 7) is 23.5. The highest BCUT2D eigenvalue weighted by atomic mass is 28.4. The number of nitriles is 1. The third-order valence-corrected chi connectivity index (χ3v) is 17.9. The Labute approximate surface area is 358 Å². The molecule has 3 fully saturated rings. The number of nitrogens with zero attached hydrogens (tertiary/aromatic N) is 8. The maximum atomic E-state index is 12.5. The maximum Gasteiger partial charge on any atom is 0.318 e. The van der Waals surface area contributed by atoms with Crippen LogP contribution in [0.2, 0.25) is 18.1 Å². The molecular weight excluding hydrogens is 773 g/mol. The topological polar surface area (TPSA) is 142 Å². The summed E-state index contributed by atoms with van der Waals surface area (Å²) >= 11 is 0. The van der Waals surface area contributed by atoms with Crippen LogP contribution < -0.4 is 14.5 Å². The molecule has 60 heavy (non-hydrogen) atoms. The molecule has 4 aliphatic heterocycles. The molecule has 2 N–H and O–H groups in total. The number of aromatic nitrogens is 2. The average Bonchev–Trinajstić information content (AvgIpc) is 3.91. The molecule has 0 aliphatic carbocycles. The second kappa shape index (κ2) is 20.6. The lowest BCUT2D eigenvalue weighted by molar-refractivity contribution is -0.128. The van der Waals surface area contributed by atoms with Crippen molar-refractivity contribution in [1.29, 1.82) is 5.26 Å². The summed E-state index contributed by atoms with van der Waals surface area (Å²) in [4.78, 5) is 33.4. The summed E-state index contributed by atoms with van der Waals surface area (Å²) in [7, 11) is -1.60. The van der Waals surface area contributed by atoms with Gasteiger partial charge in [0.05, 0.1) is 44.0 Å². The van der Waals surface area contributed by atoms with Crippen molar-refractivity contribution in [3.05, 3.63) is 66.4 Å². The van der Waals surface area contributed by atoms with Gasteiger partial charge in [-0.25, -0.2) is 0 Å². The quantitative estimate of drug-likeness (QED) is 0.154. The molecule has 0 saturated carbocycles. The lowest BCUT2D eigenvalue weighted by Crippen LogP contribution is -2.55. The largest absolute Gasteiger partial charge is 0.462 e. The minimum Gasteiger partial charge on any atom is -0.462 e. The van der Waals surface area contributed by atoms with E-state index in [9.17, 15) is 20.3 Å². The van der Waals surface area contributed by atoms with Crippen LogP contribution in [-0.2, 0) is 22.2 Å². The van der Waals surface area contributed by atoms with Crippen LogP contribution in [0.4, 0.5) is 11.5 Å². The minimum atomic E-state index is -1.60. The second-order valence-electron chi connectivity index (χ2n) is 18.1. The second-order valence-corrected chi connectivity index (χ2v) is 22.9. The first-order valence-electron chi connectivity index (χ1n) is 22.0. The molecule has 326 valence electrons. The number of β-amino-alcohol motifs (C(OH)–C–C–N with tert-alkyl or cyclic N) is 1. The van der Waals surface area contributed by atoms with Crippen molar-refractivity contribution < 1.29 is 24.2 Å². The van der Waals surface area contributed by atoms with Crippen molar-refractivity contribution in [3.63, 3.8) is 0 Å². The fraction of sp³-hybridized carbons (Fsp3) is 0.609. The smallest absolute Gasteiger partial charge is 0.318 e. The highest BCUT2D eigenvalue weighted by Crippen LogP contribution is 2.37. The van der Waals surface area contributed by atoms with Gasteiger partial charge in [0.2, 0.25) is 5.91 Å². The molecule has 14 heteroatoms. The lowest BCUT2D eigenvalue weighted by atomic mass is 10.0. The normalized spacial score (nSPS) is 21.4. The Kier molecular flexibility index (Phi) is 15.6. The number of likely N-dealkylation sites (tertiary alicyclic amines) is 2. The van der Waals surface area contributed by atoms with Crippen LogP contribution in [-0.4, -0.2) is 146 Å². The molecular formula is C46H68N8O5Si. The Bertz CT molecular complexity index is 1950. The first-order valence-corrected chi connectivity index (χ1v) is 24.9. The molecule has 3 atom stereocenters. The number of anilines is 2. The van der Waals surface area contributed by atoms with Crippen LogP contribution in [0.5, 0.6) is 6.01 Å². The first kappa shape index (κ1) is 45.4. The fourth-order valence-corrected chi connectivity index (χ4v) is 9.88. The van der Waals surface area contributed by atoms with Crippen molar-refractivity contribution in [2.75, 3.05) is 88.6 Å². The van der Waals surface area contributed by atoms with Crippen LogP contribution in [0.1, 0.15) is 64.1 Å². The molecule has 2 aromatic carbocycles. The van der Waals surface area contributed by atoms with Crippen molar-refractivity contribution in [2.24, 2.45) is 0 Å². The van der Waals surface area contributed by atoms with Gasteiger partial charge in [0.25, 0.3) is 0 Å². The zero-order valence-electron chi connectivity index (χ0n) is 36.7. The summed E-state index contributed by atoms with van der Waals surface area (Å²) in [6.07, 6.45) is 6.78. The number of amides is 1. The van der Waals surface area contributed by atoms with E-state index in [2.05, 4.69) is 109 Å². The predicted molar refractivity (Wildman–Crippen MR) is 241 cm³/mol. The molecule has 1 unspecified atom stereocenters. The van der Waals surface area contributed by atoms with Crippen molar-refractivity contribution in [2.45, 2.75) is 102 Å². The Morgan fingerprint density at radius 2 is 1.68 bits per heavy atom. The standard InChI is InChI=1S/C33H39N7O3.C13H29NO2Si/c1-2-31(42)40-18-17-39(21-25(40)12-14-34)32-28-13-16-38(30-11-5-8-24-7-3-4-10-27(24)30)22-29(28)35-33(36-32)43-23-26-9-6-15-37(26)19-20-41;1-13(2,3)17(4,5)16-10-9-14-8-6-7-12(14)11-15/h2-5,7-8,10-11,25-26,41H,1,6,9,12-13,15-23H2;12,15H,6-11H2,1-5H3/t25?,26-;12-/m11/s1. The number of carbonyl (C=O) groups excluding carboxylic acids is 1. The van der Waals surface area contributed by atoms with Crippen molar-refractivity contribution in [1.82, 2.24) is 24.7 Å². The van der Waals surface area contributed by atoms with Gasteiger partial charge in [0.15, 0.2) is 8.32 Å². The summed E-state index contributed by atoms with van der Waals surface area (Å²) in [5.74, 6) is 0.688. The highest BCUT2D eigenvalue weighted by molar-refractivity contribution is 6.74. The van der Waals surface area contributed by atoms with E-state index in [1.807, 2.05) is 0 Å². The number of rotatable bonds is 14. The zero-order valence-corrected chi connectivity index (χ0v) is 37.7. The van der Waals surface area contributed by atoms with E-state index >= 15 is 0 Å². The minimum absolute atomic E-state index is 0.129. The van der Waals surface area contributed by atoms with E-state index in [0.717, 1.165) is 75.5 Å². The SMILES string of the molecule is C=CC(=O)N1CCN(c2nc(OC[C@H]3CCCN3CCO)nc3c2CCN(c2cccc4ccccc24)C3)CC1CC#N.CC(C)(C)[Si](C)(C)OCCN1CCC[C@@H]1CO. The van der Waals surface area contributed by atoms with Gasteiger partial charge in [0, 0.05) is 74.6 Å². The summed E-state index contributed by atoms with van der Waals surface area (Å²) in [6, 6.07) is 17.8. The summed E-state index contributed by atoms with van der Waals surface area (Å²) < 4.78 is 12.5. The van der Waals surface area contributed by atoms with Crippen LogP contribution >= 0.6 is 0 Å². The van der Waals surface area contributed by atoms with Gasteiger partial charge in [0.1, 0.15) is 12.4 Å². The maximum absolute atomic E-state index is 12.5. The molecule has 4 aliphatic rings. The Morgan fingerprint density at radius 1 is 0.950 bits per heavy atom. The van der Waals surface area contributed by atoms with Gasteiger partial charge in [-0.05, 0) is 80.9 Å². The number of hydrogen-bond donors (Lipinski definition) is 2. The van der Waals surface area contributed by atoms with Crippen LogP contribution in [0.25, 0.3) is 10.8 Å². The molecule has 3 saturated heterocycles. The number of piperazine rings is 1. The Morgan fingerprint density at radius 3 is 2.40 bits per heavy atom. The van der Waals surface area contributed by atoms with E-state index in [4.69, 9.17) is 19.1 Å². The molecule has 0 radical (unpaired) electrons. The van der Waals surface area contributed by atoms with Gasteiger partial charge >= 0.3 is 6.01 Å². The number of carbonyl (C=O) groups is 1. The molecule has 13 nitrogen and oxygen atoms in total. The first-order chi connectivity index (χ1) is 28.9. The van der Waals surface area contributed by atoms with E-state index in [1.165, 1.54) is 29.0 Å². The van der Waals surface area contributed by atoms with Gasteiger partial charge in [-0.1, -0.05) is 63.7 Å². The van der Waals surface area contributed by atoms with E-state index in [0.29, 0.717) is 58.0 Å². The number of ether oxygens (including phenoxy) is 1. The summed E-state index contributed by atoms with van der Waals surface area (Å²) in [5.41, 5.74) is 3.23. The summed E-state index contributed by atoms with van der Waals surface area (Å²) in [5, 5.41) is 31.0. The third kappa shape index (κ3) is 10.8. The molecule has 0 spiro atoms. The van der Waals surface area contributed by atoms with E-state index in [1.54, 1.807) is 4.90 Å². The van der Waals surface area contributed by atoms with Crippen molar-refractivity contribution in [3.8, 4) is 12.1 Å². The lowest BCUT2D eigenvalue weighted by Gasteiger charge is -2.42. The van der Waals surface area contributed by atoms with Gasteiger partial charge in [-0.3, -0.25) is 14.6 Å². The number of benzene rings is 2. The number of aliphatic hydroxyl groups is 2. The van der Waals surface area contributed by atoms with E-state index < -0.39 is 8.32 Å². The number of fused-ring (bicyclic) bond motifs is 2. The number of hydrogen-bond acceptors (Lipinski definition) is 12. The third-order valence-electron chi connectivity index (χ3n) is 13.3. The molecule has 5 heterocycles. The Balaban J connectivity index is 0.000000299. The average molecular weight is 841 g/mol. The Hall–Kier alpha value is -4.10.